The smallest absolute Gasteiger partial charge is 0.299 e. The summed E-state index contributed by atoms with van der Waals surface area (Å²) < 4.78 is 0.630. The molecule has 98 valence electrons. The first kappa shape index (κ1) is 13.8. The van der Waals surface area contributed by atoms with Crippen LogP contribution in [0.2, 0.25) is 0 Å². The Labute approximate surface area is 120 Å². The Morgan fingerprint density at radius 1 is 1.37 bits per heavy atom. The summed E-state index contributed by atoms with van der Waals surface area (Å²) in [5, 5.41) is 9.00. The van der Waals surface area contributed by atoms with Crippen LogP contribution in [-0.2, 0) is 4.79 Å². The van der Waals surface area contributed by atoms with Crippen LogP contribution in [0.1, 0.15) is 30.6 Å². The van der Waals surface area contributed by atoms with E-state index < -0.39 is 17.1 Å². The van der Waals surface area contributed by atoms with E-state index in [1.165, 1.54) is 4.90 Å². The number of ketones is 1. The summed E-state index contributed by atoms with van der Waals surface area (Å²) in [6.07, 6.45) is 0.522. The topological polar surface area (TPSA) is 61.2 Å². The maximum Gasteiger partial charge on any atom is 0.299 e. The highest BCUT2D eigenvalue weighted by Gasteiger charge is 2.37. The third-order valence-electron chi connectivity index (χ3n) is 3.21. The van der Waals surface area contributed by atoms with Crippen LogP contribution < -0.4 is 4.90 Å². The van der Waals surface area contributed by atoms with Gasteiger partial charge in [0.1, 0.15) is 0 Å². The van der Waals surface area contributed by atoms with Gasteiger partial charge >= 0.3 is 0 Å². The zero-order valence-corrected chi connectivity index (χ0v) is 12.3. The standard InChI is InChI=1S/C14H13BrN2O2/c1-14(2,8-16)6-7-17-10-5-3-4-9(15)11(10)12(18)13(17)19/h3-5H,6-7H2,1-2H3. The maximum absolute atomic E-state index is 12.0. The third-order valence-corrected chi connectivity index (χ3v) is 3.87. The van der Waals surface area contributed by atoms with Gasteiger partial charge in [0.2, 0.25) is 0 Å². The average Bonchev–Trinajstić information content (AvgIpc) is 2.61. The summed E-state index contributed by atoms with van der Waals surface area (Å²) in [6, 6.07) is 7.48. The largest absolute Gasteiger partial charge is 0.305 e. The number of hydrogen-bond acceptors (Lipinski definition) is 3. The van der Waals surface area contributed by atoms with E-state index in [1.54, 1.807) is 18.2 Å². The number of nitriles is 1. The van der Waals surface area contributed by atoms with Gasteiger partial charge in [0.15, 0.2) is 0 Å². The number of rotatable bonds is 3. The molecule has 0 bridgehead atoms. The molecule has 1 heterocycles. The Bertz CT molecular complexity index is 602. The van der Waals surface area contributed by atoms with E-state index in [0.29, 0.717) is 28.7 Å². The lowest BCUT2D eigenvalue weighted by Crippen LogP contribution is -2.32. The first-order valence-electron chi connectivity index (χ1n) is 5.93. The first-order valence-corrected chi connectivity index (χ1v) is 6.72. The molecule has 1 aromatic rings. The van der Waals surface area contributed by atoms with Gasteiger partial charge < -0.3 is 4.90 Å². The Kier molecular flexibility index (Phi) is 3.46. The van der Waals surface area contributed by atoms with E-state index in [4.69, 9.17) is 5.26 Å². The predicted octanol–water partition coefficient (Wildman–Crippen LogP) is 2.92. The summed E-state index contributed by atoms with van der Waals surface area (Å²) >= 11 is 3.29. The van der Waals surface area contributed by atoms with E-state index in [0.717, 1.165) is 0 Å². The molecule has 2 rings (SSSR count). The highest BCUT2D eigenvalue weighted by molar-refractivity contribution is 9.10. The Morgan fingerprint density at radius 2 is 2.05 bits per heavy atom. The van der Waals surface area contributed by atoms with Crippen LogP contribution in [0.3, 0.4) is 0 Å². The third kappa shape index (κ3) is 2.41. The number of amides is 1. The molecule has 0 N–H and O–H groups in total. The van der Waals surface area contributed by atoms with Crippen molar-refractivity contribution in [1.29, 1.82) is 5.26 Å². The number of carbonyl (C=O) groups excluding carboxylic acids is 2. The van der Waals surface area contributed by atoms with Crippen LogP contribution in [0.25, 0.3) is 0 Å². The monoisotopic (exact) mass is 320 g/mol. The number of anilines is 1. The molecule has 0 saturated carbocycles. The number of nitrogens with zero attached hydrogens (tertiary/aromatic N) is 2. The van der Waals surface area contributed by atoms with Gasteiger partial charge in [0.25, 0.3) is 11.7 Å². The van der Waals surface area contributed by atoms with Crippen molar-refractivity contribution in [3.63, 3.8) is 0 Å². The van der Waals surface area contributed by atoms with E-state index in [2.05, 4.69) is 22.0 Å². The molecule has 0 spiro atoms. The normalized spacial score (nSPS) is 14.5. The molecule has 4 nitrogen and oxygen atoms in total. The van der Waals surface area contributed by atoms with Crippen LogP contribution in [0.4, 0.5) is 5.69 Å². The first-order chi connectivity index (χ1) is 8.87. The van der Waals surface area contributed by atoms with Crippen molar-refractivity contribution >= 4 is 33.3 Å². The molecule has 0 atom stereocenters. The number of benzene rings is 1. The lowest BCUT2D eigenvalue weighted by molar-refractivity contribution is -0.114. The Morgan fingerprint density at radius 3 is 2.68 bits per heavy atom. The summed E-state index contributed by atoms with van der Waals surface area (Å²) in [7, 11) is 0. The summed E-state index contributed by atoms with van der Waals surface area (Å²) in [6.45, 7) is 4.00. The second-order valence-corrected chi connectivity index (χ2v) is 6.02. The van der Waals surface area contributed by atoms with Crippen molar-refractivity contribution in [1.82, 2.24) is 0 Å². The summed E-state index contributed by atoms with van der Waals surface area (Å²) in [5.74, 6) is -1.01. The highest BCUT2D eigenvalue weighted by Crippen LogP contribution is 2.35. The molecule has 5 heteroatoms. The lowest BCUT2D eigenvalue weighted by atomic mass is 9.91. The second-order valence-electron chi connectivity index (χ2n) is 5.17. The number of fused-ring (bicyclic) bond motifs is 1. The highest BCUT2D eigenvalue weighted by atomic mass is 79.9. The van der Waals surface area contributed by atoms with Crippen LogP contribution >= 0.6 is 15.9 Å². The molecule has 0 fully saturated rings. The SMILES string of the molecule is CC(C)(C#N)CCN1C(=O)C(=O)c2c(Br)cccc21. The molecule has 0 unspecified atom stereocenters. The van der Waals surface area contributed by atoms with Gasteiger partial charge in [-0.15, -0.1) is 0 Å². The minimum absolute atomic E-state index is 0.370. The number of halogens is 1. The Hall–Kier alpha value is -1.67. The van der Waals surface area contributed by atoms with Crippen molar-refractivity contribution in [2.75, 3.05) is 11.4 Å². The molecule has 1 aromatic carbocycles. The molecule has 0 aliphatic carbocycles. The molecule has 0 aromatic heterocycles. The van der Waals surface area contributed by atoms with Crippen LogP contribution in [0.5, 0.6) is 0 Å². The fourth-order valence-electron chi connectivity index (χ4n) is 1.97. The molecule has 1 amide bonds. The minimum Gasteiger partial charge on any atom is -0.305 e. The number of carbonyl (C=O) groups is 2. The molecule has 1 aliphatic rings. The fourth-order valence-corrected chi connectivity index (χ4v) is 2.51. The zero-order valence-electron chi connectivity index (χ0n) is 10.7. The van der Waals surface area contributed by atoms with Gasteiger partial charge in [-0.05, 0) is 48.3 Å². The van der Waals surface area contributed by atoms with Crippen molar-refractivity contribution < 1.29 is 9.59 Å². The van der Waals surface area contributed by atoms with Gasteiger partial charge in [-0.25, -0.2) is 0 Å². The molecule has 0 radical (unpaired) electrons. The molecular formula is C14H13BrN2O2. The Balaban J connectivity index is 2.30. The van der Waals surface area contributed by atoms with Crippen molar-refractivity contribution in [2.45, 2.75) is 20.3 Å². The van der Waals surface area contributed by atoms with Crippen molar-refractivity contribution in [2.24, 2.45) is 5.41 Å². The number of Topliss-reactive ketones (excluding diaryl/α,β-unsaturated/α-hetero) is 1. The van der Waals surface area contributed by atoms with Gasteiger partial charge in [-0.2, -0.15) is 5.26 Å². The molecule has 19 heavy (non-hydrogen) atoms. The van der Waals surface area contributed by atoms with Gasteiger partial charge in [0, 0.05) is 11.0 Å². The van der Waals surface area contributed by atoms with Crippen LogP contribution in [-0.4, -0.2) is 18.2 Å². The van der Waals surface area contributed by atoms with Crippen molar-refractivity contribution in [3.8, 4) is 6.07 Å². The zero-order chi connectivity index (χ0) is 14.2. The summed E-state index contributed by atoms with van der Waals surface area (Å²) in [5.41, 5.74) is 0.526. The minimum atomic E-state index is -0.518. The average molecular weight is 321 g/mol. The maximum atomic E-state index is 12.0. The van der Waals surface area contributed by atoms with Crippen molar-refractivity contribution in [3.05, 3.63) is 28.2 Å². The lowest BCUT2D eigenvalue weighted by Gasteiger charge is -2.21. The fraction of sp³-hybridized carbons (Fsp3) is 0.357. The van der Waals surface area contributed by atoms with E-state index >= 15 is 0 Å². The van der Waals surface area contributed by atoms with E-state index in [-0.39, 0.29) is 0 Å². The summed E-state index contributed by atoms with van der Waals surface area (Å²) in [4.78, 5) is 25.4. The molecular weight excluding hydrogens is 308 g/mol. The predicted molar refractivity (Wildman–Crippen MR) is 74.8 cm³/mol. The quantitative estimate of drug-likeness (QED) is 0.804. The molecule has 0 saturated heterocycles. The molecule has 1 aliphatic heterocycles. The van der Waals surface area contributed by atoms with Gasteiger partial charge in [0.05, 0.1) is 22.7 Å². The van der Waals surface area contributed by atoms with Crippen LogP contribution in [0, 0.1) is 16.7 Å². The van der Waals surface area contributed by atoms with Gasteiger partial charge in [-0.1, -0.05) is 6.07 Å². The van der Waals surface area contributed by atoms with E-state index in [1.807, 2.05) is 13.8 Å². The van der Waals surface area contributed by atoms with Crippen LogP contribution in [0.15, 0.2) is 22.7 Å². The van der Waals surface area contributed by atoms with Gasteiger partial charge in [-0.3, -0.25) is 9.59 Å². The second kappa shape index (κ2) is 4.78. The number of hydrogen-bond donors (Lipinski definition) is 0. The van der Waals surface area contributed by atoms with E-state index in [9.17, 15) is 9.59 Å².